The quantitative estimate of drug-likeness (QED) is 0.461. The van der Waals surface area contributed by atoms with Gasteiger partial charge in [-0.05, 0) is 25.7 Å². The Bertz CT molecular complexity index is 121. The summed E-state index contributed by atoms with van der Waals surface area (Å²) in [5.74, 6) is 0.00770. The van der Waals surface area contributed by atoms with E-state index in [0.29, 0.717) is 12.8 Å². The second-order valence-electron chi connectivity index (χ2n) is 2.43. The summed E-state index contributed by atoms with van der Waals surface area (Å²) in [7, 11) is 0.0767. The van der Waals surface area contributed by atoms with Crippen molar-refractivity contribution in [3.8, 4) is 0 Å². The van der Waals surface area contributed by atoms with Crippen molar-refractivity contribution in [3.63, 3.8) is 0 Å². The maximum Gasteiger partial charge on any atom is 0.310 e. The number of hydrogen-bond donors (Lipinski definition) is 0. The number of carbonyl (C=O) groups is 1. The van der Waals surface area contributed by atoms with E-state index >= 15 is 0 Å². The fourth-order valence-electron chi connectivity index (χ4n) is 0.929. The van der Waals surface area contributed by atoms with Crippen LogP contribution in [0.15, 0.2) is 0 Å². The molecular formula is C7H13O2P. The van der Waals surface area contributed by atoms with E-state index < -0.39 is 0 Å². The predicted octanol–water partition coefficient (Wildman–Crippen LogP) is 1.44. The molecule has 0 radical (unpaired) electrons. The molecular weight excluding hydrogens is 147 g/mol. The van der Waals surface area contributed by atoms with Gasteiger partial charge in [0.15, 0.2) is 0 Å². The number of hydrogen-bond acceptors (Lipinski definition) is 2. The van der Waals surface area contributed by atoms with Gasteiger partial charge in [-0.25, -0.2) is 0 Å². The van der Waals surface area contributed by atoms with Crippen molar-refractivity contribution < 1.29 is 9.53 Å². The van der Waals surface area contributed by atoms with E-state index in [2.05, 4.69) is 0 Å². The van der Waals surface area contributed by atoms with Crippen LogP contribution in [-0.4, -0.2) is 31.1 Å². The summed E-state index contributed by atoms with van der Waals surface area (Å²) < 4.78 is 4.83. The van der Waals surface area contributed by atoms with Crippen LogP contribution in [0.4, 0.5) is 0 Å². The molecule has 0 bridgehead atoms. The SMILES string of the molecule is CCOC(=O)CP1CCC1. The number of ether oxygens (including phenoxy) is 1. The Morgan fingerprint density at radius 2 is 2.30 bits per heavy atom. The monoisotopic (exact) mass is 160 g/mol. The lowest BCUT2D eigenvalue weighted by molar-refractivity contribution is -0.139. The lowest BCUT2D eigenvalue weighted by Crippen LogP contribution is -2.15. The van der Waals surface area contributed by atoms with Crippen molar-refractivity contribution in [2.75, 3.05) is 25.1 Å². The lowest BCUT2D eigenvalue weighted by atomic mass is 10.5. The van der Waals surface area contributed by atoms with Crippen molar-refractivity contribution in [2.45, 2.75) is 13.3 Å². The molecule has 1 fully saturated rings. The zero-order valence-electron chi connectivity index (χ0n) is 6.30. The maximum atomic E-state index is 10.8. The zero-order chi connectivity index (χ0) is 7.40. The first-order valence-corrected chi connectivity index (χ1v) is 5.60. The standard InChI is InChI=1S/C7H13O2P/c1-2-9-7(8)6-10-4-3-5-10/h2-6H2,1H3. The van der Waals surface area contributed by atoms with E-state index in [-0.39, 0.29) is 13.9 Å². The molecule has 1 heterocycles. The van der Waals surface area contributed by atoms with E-state index in [1.54, 1.807) is 0 Å². The minimum absolute atomic E-state index is 0.00770. The largest absolute Gasteiger partial charge is 0.466 e. The van der Waals surface area contributed by atoms with Gasteiger partial charge in [-0.1, -0.05) is 7.92 Å². The third-order valence-electron chi connectivity index (χ3n) is 1.61. The number of carbonyl (C=O) groups excluding carboxylic acids is 1. The molecule has 1 saturated heterocycles. The van der Waals surface area contributed by atoms with Crippen molar-refractivity contribution in [1.29, 1.82) is 0 Å². The maximum absolute atomic E-state index is 10.8. The first-order valence-electron chi connectivity index (χ1n) is 3.71. The van der Waals surface area contributed by atoms with E-state index in [0.717, 1.165) is 0 Å². The minimum Gasteiger partial charge on any atom is -0.466 e. The first kappa shape index (κ1) is 8.00. The third-order valence-corrected chi connectivity index (χ3v) is 4.21. The predicted molar refractivity (Wildman–Crippen MR) is 42.8 cm³/mol. The Hall–Kier alpha value is -0.100. The second kappa shape index (κ2) is 3.92. The number of rotatable bonds is 3. The Morgan fingerprint density at radius 3 is 2.70 bits per heavy atom. The topological polar surface area (TPSA) is 26.3 Å². The van der Waals surface area contributed by atoms with Crippen molar-refractivity contribution in [3.05, 3.63) is 0 Å². The fourth-order valence-corrected chi connectivity index (χ4v) is 2.47. The van der Waals surface area contributed by atoms with E-state index in [9.17, 15) is 4.79 Å². The summed E-state index contributed by atoms with van der Waals surface area (Å²) >= 11 is 0. The zero-order valence-corrected chi connectivity index (χ0v) is 7.19. The van der Waals surface area contributed by atoms with Crippen molar-refractivity contribution in [2.24, 2.45) is 0 Å². The Balaban J connectivity index is 2.05. The summed E-state index contributed by atoms with van der Waals surface area (Å²) in [5, 5.41) is 0. The molecule has 0 aliphatic carbocycles. The average molecular weight is 160 g/mol. The van der Waals surface area contributed by atoms with Gasteiger partial charge in [-0.3, -0.25) is 4.79 Å². The van der Waals surface area contributed by atoms with Gasteiger partial charge >= 0.3 is 5.97 Å². The molecule has 0 saturated carbocycles. The van der Waals surface area contributed by atoms with Crippen LogP contribution >= 0.6 is 7.92 Å². The van der Waals surface area contributed by atoms with Gasteiger partial charge < -0.3 is 4.74 Å². The Kier molecular flexibility index (Phi) is 3.14. The highest BCUT2D eigenvalue weighted by Gasteiger charge is 2.19. The van der Waals surface area contributed by atoms with Gasteiger partial charge in [0.25, 0.3) is 0 Å². The molecule has 0 atom stereocenters. The average Bonchev–Trinajstić information content (AvgIpc) is 1.80. The third kappa shape index (κ3) is 2.26. The Morgan fingerprint density at radius 1 is 1.60 bits per heavy atom. The molecule has 0 N–H and O–H groups in total. The summed E-state index contributed by atoms with van der Waals surface area (Å²) in [6.07, 6.45) is 4.61. The van der Waals surface area contributed by atoms with Crippen LogP contribution in [0, 0.1) is 0 Å². The first-order chi connectivity index (χ1) is 4.83. The van der Waals surface area contributed by atoms with Gasteiger partial charge in [0.2, 0.25) is 0 Å². The van der Waals surface area contributed by atoms with Crippen LogP contribution in [0.3, 0.4) is 0 Å². The van der Waals surface area contributed by atoms with E-state index in [1.165, 1.54) is 18.7 Å². The van der Waals surface area contributed by atoms with Crippen LogP contribution < -0.4 is 0 Å². The second-order valence-corrected chi connectivity index (χ2v) is 4.99. The molecule has 10 heavy (non-hydrogen) atoms. The molecule has 1 rings (SSSR count). The molecule has 2 nitrogen and oxygen atoms in total. The molecule has 1 aliphatic heterocycles. The van der Waals surface area contributed by atoms with Crippen LogP contribution in [0.25, 0.3) is 0 Å². The van der Waals surface area contributed by atoms with E-state index in [1.807, 2.05) is 6.92 Å². The number of esters is 1. The molecule has 3 heteroatoms. The minimum atomic E-state index is 0.00770. The molecule has 0 aromatic rings. The smallest absolute Gasteiger partial charge is 0.310 e. The summed E-state index contributed by atoms with van der Waals surface area (Å²) in [6.45, 7) is 2.38. The molecule has 0 unspecified atom stereocenters. The molecule has 0 amide bonds. The summed E-state index contributed by atoms with van der Waals surface area (Å²) in [4.78, 5) is 10.8. The van der Waals surface area contributed by atoms with Crippen LogP contribution in [0.5, 0.6) is 0 Å². The van der Waals surface area contributed by atoms with Crippen molar-refractivity contribution >= 4 is 13.9 Å². The van der Waals surface area contributed by atoms with Gasteiger partial charge in [0, 0.05) is 0 Å². The molecule has 0 aromatic carbocycles. The lowest BCUT2D eigenvalue weighted by Gasteiger charge is -2.24. The van der Waals surface area contributed by atoms with Crippen LogP contribution in [0.2, 0.25) is 0 Å². The van der Waals surface area contributed by atoms with Gasteiger partial charge in [-0.2, -0.15) is 0 Å². The van der Waals surface area contributed by atoms with Gasteiger partial charge in [0.1, 0.15) is 0 Å². The summed E-state index contributed by atoms with van der Waals surface area (Å²) in [6, 6.07) is 0. The normalized spacial score (nSPS) is 18.1. The van der Waals surface area contributed by atoms with Crippen LogP contribution in [0.1, 0.15) is 13.3 Å². The highest BCUT2D eigenvalue weighted by atomic mass is 31.1. The van der Waals surface area contributed by atoms with Gasteiger partial charge in [-0.15, -0.1) is 0 Å². The highest BCUT2D eigenvalue weighted by molar-refractivity contribution is 7.60. The van der Waals surface area contributed by atoms with Crippen LogP contribution in [-0.2, 0) is 9.53 Å². The molecule has 0 aromatic heterocycles. The summed E-state index contributed by atoms with van der Waals surface area (Å²) in [5.41, 5.74) is 0. The molecule has 58 valence electrons. The molecule has 0 spiro atoms. The molecule has 1 aliphatic rings. The van der Waals surface area contributed by atoms with Gasteiger partial charge in [0.05, 0.1) is 12.8 Å². The Labute approximate surface area is 62.7 Å². The fraction of sp³-hybridized carbons (Fsp3) is 0.857. The van der Waals surface area contributed by atoms with E-state index in [4.69, 9.17) is 4.74 Å². The highest BCUT2D eigenvalue weighted by Crippen LogP contribution is 2.45. The van der Waals surface area contributed by atoms with Crippen molar-refractivity contribution in [1.82, 2.24) is 0 Å².